The van der Waals surface area contributed by atoms with Gasteiger partial charge >= 0.3 is 6.03 Å². The first-order chi connectivity index (χ1) is 14.8. The number of urea groups is 1. The van der Waals surface area contributed by atoms with Crippen molar-refractivity contribution in [3.05, 3.63) is 65.2 Å². The maximum absolute atomic E-state index is 13.2. The zero-order valence-electron chi connectivity index (χ0n) is 18.2. The summed E-state index contributed by atoms with van der Waals surface area (Å²) in [4.78, 5) is 43.7. The van der Waals surface area contributed by atoms with Crippen LogP contribution in [0.15, 0.2) is 48.5 Å². The molecule has 0 aliphatic carbocycles. The molecule has 7 nitrogen and oxygen atoms in total. The Morgan fingerprint density at radius 2 is 1.74 bits per heavy atom. The van der Waals surface area contributed by atoms with E-state index in [4.69, 9.17) is 0 Å². The van der Waals surface area contributed by atoms with Crippen LogP contribution in [0.25, 0.3) is 0 Å². The van der Waals surface area contributed by atoms with Crippen molar-refractivity contribution in [1.82, 2.24) is 15.1 Å². The number of hydrogen-bond acceptors (Lipinski definition) is 4. The third-order valence-electron chi connectivity index (χ3n) is 6.22. The number of hydrogen-bond donors (Lipinski definition) is 1. The molecule has 2 heterocycles. The van der Waals surface area contributed by atoms with E-state index in [9.17, 15) is 14.4 Å². The van der Waals surface area contributed by atoms with Gasteiger partial charge in [0.15, 0.2) is 0 Å². The molecule has 31 heavy (non-hydrogen) atoms. The summed E-state index contributed by atoms with van der Waals surface area (Å²) in [5.74, 6) is -0.244. The van der Waals surface area contributed by atoms with Crippen LogP contribution < -0.4 is 10.2 Å². The molecule has 2 aromatic rings. The average molecular weight is 421 g/mol. The lowest BCUT2D eigenvalue weighted by molar-refractivity contribution is -0.133. The fourth-order valence-electron chi connectivity index (χ4n) is 4.23. The van der Waals surface area contributed by atoms with E-state index in [1.807, 2.05) is 74.4 Å². The summed E-state index contributed by atoms with van der Waals surface area (Å²) in [5.41, 5.74) is 2.73. The lowest BCUT2D eigenvalue weighted by Crippen LogP contribution is -2.55. The average Bonchev–Trinajstić information content (AvgIpc) is 2.99. The van der Waals surface area contributed by atoms with Crippen LogP contribution in [0, 0.1) is 6.92 Å². The van der Waals surface area contributed by atoms with Gasteiger partial charge in [-0.2, -0.15) is 0 Å². The molecule has 1 N–H and O–H groups in total. The van der Waals surface area contributed by atoms with Crippen LogP contribution in [0.2, 0.25) is 0 Å². The van der Waals surface area contributed by atoms with Gasteiger partial charge in [0.05, 0.1) is 6.54 Å². The van der Waals surface area contributed by atoms with Crippen molar-refractivity contribution in [3.8, 4) is 0 Å². The molecule has 7 heteroatoms. The van der Waals surface area contributed by atoms with Gasteiger partial charge in [0.2, 0.25) is 0 Å². The predicted molar refractivity (Wildman–Crippen MR) is 119 cm³/mol. The number of piperidine rings is 1. The van der Waals surface area contributed by atoms with E-state index in [1.54, 1.807) is 4.90 Å². The normalized spacial score (nSPS) is 17.8. The number of carbonyl (C=O) groups is 3. The first-order valence-electron chi connectivity index (χ1n) is 10.6. The second kappa shape index (κ2) is 8.06. The summed E-state index contributed by atoms with van der Waals surface area (Å²) in [7, 11) is 3.87. The largest absolute Gasteiger partial charge is 0.378 e. The number of nitrogens with zero attached hydrogens (tertiary/aromatic N) is 3. The number of imide groups is 1. The van der Waals surface area contributed by atoms with E-state index in [1.165, 1.54) is 4.90 Å². The SMILES string of the molecule is Cc1ccc(CN2C(=O)NC3(CCN(C(=O)c4cccc(N(C)C)c4)CC3)C2=O)cc1. The summed E-state index contributed by atoms with van der Waals surface area (Å²) in [6.45, 7) is 3.11. The Balaban J connectivity index is 1.43. The number of amides is 4. The minimum atomic E-state index is -0.913. The monoisotopic (exact) mass is 420 g/mol. The van der Waals surface area contributed by atoms with Crippen LogP contribution in [-0.4, -0.2) is 60.4 Å². The smallest absolute Gasteiger partial charge is 0.325 e. The Kier molecular flexibility index (Phi) is 5.43. The van der Waals surface area contributed by atoms with Gasteiger partial charge in [-0.05, 0) is 43.5 Å². The standard InChI is InChI=1S/C24H28N4O3/c1-17-7-9-18(10-8-17)16-28-22(30)24(25-23(28)31)11-13-27(14-12-24)21(29)19-5-4-6-20(15-19)26(2)3/h4-10,15H,11-14,16H2,1-3H3,(H,25,31). The second-order valence-electron chi connectivity index (χ2n) is 8.63. The van der Waals surface area contributed by atoms with Crippen molar-refractivity contribution in [2.45, 2.75) is 31.8 Å². The Morgan fingerprint density at radius 3 is 2.39 bits per heavy atom. The molecule has 2 aliphatic rings. The van der Waals surface area contributed by atoms with E-state index in [0.717, 1.165) is 16.8 Å². The number of benzene rings is 2. The first-order valence-corrected chi connectivity index (χ1v) is 10.6. The summed E-state index contributed by atoms with van der Waals surface area (Å²) in [5, 5.41) is 2.92. The third-order valence-corrected chi connectivity index (χ3v) is 6.22. The Morgan fingerprint density at radius 1 is 1.06 bits per heavy atom. The molecule has 0 radical (unpaired) electrons. The number of rotatable bonds is 4. The van der Waals surface area contributed by atoms with Gasteiger partial charge in [-0.1, -0.05) is 35.9 Å². The number of anilines is 1. The van der Waals surface area contributed by atoms with E-state index >= 15 is 0 Å². The van der Waals surface area contributed by atoms with Gasteiger partial charge < -0.3 is 15.1 Å². The summed E-state index contributed by atoms with van der Waals surface area (Å²) >= 11 is 0. The molecular formula is C24H28N4O3. The van der Waals surface area contributed by atoms with E-state index in [-0.39, 0.29) is 24.4 Å². The van der Waals surface area contributed by atoms with Gasteiger partial charge in [-0.3, -0.25) is 14.5 Å². The van der Waals surface area contributed by atoms with Gasteiger partial charge in [0, 0.05) is 38.4 Å². The maximum Gasteiger partial charge on any atom is 0.325 e. The number of likely N-dealkylation sites (tertiary alicyclic amines) is 1. The molecule has 2 aliphatic heterocycles. The molecule has 4 rings (SSSR count). The molecule has 0 bridgehead atoms. The molecule has 162 valence electrons. The van der Waals surface area contributed by atoms with Crippen molar-refractivity contribution in [1.29, 1.82) is 0 Å². The molecule has 4 amide bonds. The first kappa shape index (κ1) is 20.9. The number of nitrogens with one attached hydrogen (secondary N) is 1. The van der Waals surface area contributed by atoms with Crippen LogP contribution in [0.4, 0.5) is 10.5 Å². The van der Waals surface area contributed by atoms with Crippen molar-refractivity contribution in [2.75, 3.05) is 32.1 Å². The van der Waals surface area contributed by atoms with Crippen LogP contribution in [0.1, 0.15) is 34.3 Å². The highest BCUT2D eigenvalue weighted by Crippen LogP contribution is 2.31. The van der Waals surface area contributed by atoms with Gasteiger partial charge in [-0.15, -0.1) is 0 Å². The Bertz CT molecular complexity index is 1010. The van der Waals surface area contributed by atoms with Crippen LogP contribution in [-0.2, 0) is 11.3 Å². The van der Waals surface area contributed by atoms with Crippen molar-refractivity contribution in [3.63, 3.8) is 0 Å². The minimum absolute atomic E-state index is 0.0492. The lowest BCUT2D eigenvalue weighted by Gasteiger charge is -2.37. The summed E-state index contributed by atoms with van der Waals surface area (Å²) in [6, 6.07) is 15.0. The van der Waals surface area contributed by atoms with Crippen molar-refractivity contribution < 1.29 is 14.4 Å². The molecule has 0 atom stereocenters. The molecule has 0 saturated carbocycles. The zero-order chi connectivity index (χ0) is 22.2. The summed E-state index contributed by atoms with van der Waals surface area (Å²) < 4.78 is 0. The zero-order valence-corrected chi connectivity index (χ0v) is 18.2. The van der Waals surface area contributed by atoms with E-state index in [2.05, 4.69) is 5.32 Å². The van der Waals surface area contributed by atoms with Gasteiger partial charge in [-0.25, -0.2) is 4.79 Å². The maximum atomic E-state index is 13.2. The van der Waals surface area contributed by atoms with Crippen molar-refractivity contribution >= 4 is 23.5 Å². The van der Waals surface area contributed by atoms with Gasteiger partial charge in [0.1, 0.15) is 5.54 Å². The molecular weight excluding hydrogens is 392 g/mol. The fourth-order valence-corrected chi connectivity index (χ4v) is 4.23. The second-order valence-corrected chi connectivity index (χ2v) is 8.63. The predicted octanol–water partition coefficient (Wildman–Crippen LogP) is 2.79. The molecule has 2 aromatic carbocycles. The number of aryl methyl sites for hydroxylation is 1. The topological polar surface area (TPSA) is 73.0 Å². The van der Waals surface area contributed by atoms with Crippen molar-refractivity contribution in [2.24, 2.45) is 0 Å². The molecule has 1 spiro atoms. The molecule has 2 fully saturated rings. The molecule has 2 saturated heterocycles. The van der Waals surface area contributed by atoms with Crippen LogP contribution in [0.5, 0.6) is 0 Å². The highest BCUT2D eigenvalue weighted by atomic mass is 16.2. The highest BCUT2D eigenvalue weighted by molar-refractivity contribution is 6.07. The fraction of sp³-hybridized carbons (Fsp3) is 0.375. The highest BCUT2D eigenvalue weighted by Gasteiger charge is 2.52. The Labute approximate surface area is 182 Å². The Hall–Kier alpha value is -3.35. The molecule has 0 aromatic heterocycles. The van der Waals surface area contributed by atoms with Gasteiger partial charge in [0.25, 0.3) is 11.8 Å². The van der Waals surface area contributed by atoms with Crippen LogP contribution in [0.3, 0.4) is 0 Å². The van der Waals surface area contributed by atoms with Crippen LogP contribution >= 0.6 is 0 Å². The number of carbonyl (C=O) groups excluding carboxylic acids is 3. The van der Waals surface area contributed by atoms with E-state index in [0.29, 0.717) is 31.5 Å². The summed E-state index contributed by atoms with van der Waals surface area (Å²) in [6.07, 6.45) is 0.835. The lowest BCUT2D eigenvalue weighted by atomic mass is 9.87. The third kappa shape index (κ3) is 4.00. The molecule has 0 unspecified atom stereocenters. The minimum Gasteiger partial charge on any atom is -0.378 e. The van der Waals surface area contributed by atoms with E-state index < -0.39 is 5.54 Å². The quantitative estimate of drug-likeness (QED) is 0.772.